The van der Waals surface area contributed by atoms with E-state index in [9.17, 15) is 4.79 Å². The minimum absolute atomic E-state index is 0.127. The summed E-state index contributed by atoms with van der Waals surface area (Å²) in [5, 5.41) is 2.13. The number of aromatic nitrogens is 2. The lowest BCUT2D eigenvalue weighted by atomic mass is 9.89. The maximum atomic E-state index is 12.5. The van der Waals surface area contributed by atoms with Crippen LogP contribution in [0.25, 0.3) is 10.2 Å². The van der Waals surface area contributed by atoms with E-state index in [2.05, 4.69) is 32.8 Å². The van der Waals surface area contributed by atoms with Gasteiger partial charge in [0.25, 0.3) is 0 Å². The van der Waals surface area contributed by atoms with Gasteiger partial charge < -0.3 is 0 Å². The minimum atomic E-state index is 0.127. The highest BCUT2D eigenvalue weighted by Crippen LogP contribution is 2.40. The summed E-state index contributed by atoms with van der Waals surface area (Å²) >= 11 is 6.72. The average molecular weight is 433 g/mol. The van der Waals surface area contributed by atoms with Gasteiger partial charge in [-0.15, -0.1) is 11.3 Å². The molecule has 0 aliphatic heterocycles. The molecule has 2 aromatic heterocycles. The number of Topliss-reactive ketones (excluding diaryl/α,β-unsaturated/α-hetero) is 1. The topological polar surface area (TPSA) is 42.9 Å². The van der Waals surface area contributed by atoms with Crippen molar-refractivity contribution in [3.63, 3.8) is 0 Å². The van der Waals surface area contributed by atoms with Gasteiger partial charge in [-0.2, -0.15) is 0 Å². The Balaban J connectivity index is 1.59. The molecule has 3 nitrogen and oxygen atoms in total. The fourth-order valence-corrected chi connectivity index (χ4v) is 5.81. The monoisotopic (exact) mass is 432 g/mol. The number of aryl methyl sites for hydroxylation is 1. The molecule has 0 bridgehead atoms. The van der Waals surface area contributed by atoms with Crippen LogP contribution in [-0.4, -0.2) is 21.5 Å². The lowest BCUT2D eigenvalue weighted by Crippen LogP contribution is -2.09. The molecule has 0 fully saturated rings. The summed E-state index contributed by atoms with van der Waals surface area (Å²) in [6.07, 6.45) is 5.08. The van der Waals surface area contributed by atoms with E-state index < -0.39 is 0 Å². The van der Waals surface area contributed by atoms with E-state index in [0.717, 1.165) is 38.7 Å². The average Bonchev–Trinajstić information content (AvgIpc) is 2.98. The largest absolute Gasteiger partial charge is 0.293 e. The molecular formula is C19H17BrN2OS2. The molecule has 1 atom stereocenters. The highest BCUT2D eigenvalue weighted by Gasteiger charge is 2.23. The SMILES string of the molecule is C[C@H]1CCc2c(sc3ncnc(SCC(=O)c4ccc(Br)cc4)c23)C1. The second-order valence-electron chi connectivity index (χ2n) is 6.43. The summed E-state index contributed by atoms with van der Waals surface area (Å²) < 4.78 is 0.980. The number of thiophene rings is 1. The molecule has 2 heterocycles. The number of carbonyl (C=O) groups excluding carboxylic acids is 1. The van der Waals surface area contributed by atoms with Gasteiger partial charge in [-0.3, -0.25) is 4.79 Å². The third kappa shape index (κ3) is 3.52. The van der Waals surface area contributed by atoms with Gasteiger partial charge >= 0.3 is 0 Å². The zero-order chi connectivity index (χ0) is 17.4. The predicted molar refractivity (Wildman–Crippen MR) is 108 cm³/mol. The third-order valence-electron chi connectivity index (χ3n) is 4.56. The van der Waals surface area contributed by atoms with E-state index in [0.29, 0.717) is 5.75 Å². The summed E-state index contributed by atoms with van der Waals surface area (Å²) in [6, 6.07) is 7.52. The minimum Gasteiger partial charge on any atom is -0.293 e. The number of nitrogens with zero attached hydrogens (tertiary/aromatic N) is 2. The first kappa shape index (κ1) is 17.2. The Morgan fingerprint density at radius 1 is 1.32 bits per heavy atom. The zero-order valence-electron chi connectivity index (χ0n) is 13.8. The van der Waals surface area contributed by atoms with E-state index in [1.165, 1.54) is 34.0 Å². The van der Waals surface area contributed by atoms with Crippen LogP contribution in [0.15, 0.2) is 40.1 Å². The van der Waals surface area contributed by atoms with Gasteiger partial charge in [0.2, 0.25) is 0 Å². The molecule has 0 saturated heterocycles. The molecule has 0 radical (unpaired) electrons. The fraction of sp³-hybridized carbons (Fsp3) is 0.316. The number of ketones is 1. The lowest BCUT2D eigenvalue weighted by molar-refractivity contribution is 0.102. The molecule has 0 saturated carbocycles. The number of thioether (sulfide) groups is 1. The Labute approximate surface area is 163 Å². The molecule has 6 heteroatoms. The first-order valence-corrected chi connectivity index (χ1v) is 10.9. The fourth-order valence-electron chi connectivity index (χ4n) is 3.21. The molecule has 0 amide bonds. The maximum Gasteiger partial charge on any atom is 0.173 e. The van der Waals surface area contributed by atoms with Crippen LogP contribution >= 0.6 is 39.0 Å². The maximum absolute atomic E-state index is 12.5. The number of hydrogen-bond donors (Lipinski definition) is 0. The van der Waals surface area contributed by atoms with Crippen molar-refractivity contribution in [2.24, 2.45) is 5.92 Å². The molecule has 1 aromatic carbocycles. The van der Waals surface area contributed by atoms with Crippen LogP contribution in [0.3, 0.4) is 0 Å². The highest BCUT2D eigenvalue weighted by molar-refractivity contribution is 9.10. The van der Waals surface area contributed by atoms with Crippen LogP contribution in [0, 0.1) is 5.92 Å². The van der Waals surface area contributed by atoms with Crippen LogP contribution in [-0.2, 0) is 12.8 Å². The summed E-state index contributed by atoms with van der Waals surface area (Å²) in [7, 11) is 0. The molecule has 128 valence electrons. The van der Waals surface area contributed by atoms with Crippen molar-refractivity contribution >= 4 is 55.0 Å². The molecule has 25 heavy (non-hydrogen) atoms. The Hall–Kier alpha value is -1.24. The van der Waals surface area contributed by atoms with Gasteiger partial charge in [0, 0.05) is 20.3 Å². The van der Waals surface area contributed by atoms with Gasteiger partial charge in [-0.05, 0) is 42.9 Å². The van der Waals surface area contributed by atoms with Crippen LogP contribution in [0.1, 0.15) is 34.1 Å². The van der Waals surface area contributed by atoms with E-state index in [1.54, 1.807) is 17.7 Å². The van der Waals surface area contributed by atoms with Crippen molar-refractivity contribution in [2.45, 2.75) is 31.2 Å². The highest BCUT2D eigenvalue weighted by atomic mass is 79.9. The van der Waals surface area contributed by atoms with Crippen molar-refractivity contribution in [3.05, 3.63) is 51.1 Å². The van der Waals surface area contributed by atoms with E-state index in [-0.39, 0.29) is 5.78 Å². The van der Waals surface area contributed by atoms with Crippen LogP contribution in [0.4, 0.5) is 0 Å². The third-order valence-corrected chi connectivity index (χ3v) is 7.24. The van der Waals surface area contributed by atoms with E-state index in [4.69, 9.17) is 0 Å². The van der Waals surface area contributed by atoms with Crippen molar-refractivity contribution in [3.8, 4) is 0 Å². The second kappa shape index (κ2) is 7.17. The molecule has 0 unspecified atom stereocenters. The lowest BCUT2D eigenvalue weighted by Gasteiger charge is -2.18. The van der Waals surface area contributed by atoms with Crippen LogP contribution < -0.4 is 0 Å². The van der Waals surface area contributed by atoms with E-state index in [1.807, 2.05) is 24.3 Å². The summed E-state index contributed by atoms with van der Waals surface area (Å²) in [5.74, 6) is 1.26. The number of hydrogen-bond acceptors (Lipinski definition) is 5. The predicted octanol–water partition coefficient (Wildman–Crippen LogP) is 5.55. The molecular weight excluding hydrogens is 416 g/mol. The summed E-state index contributed by atoms with van der Waals surface area (Å²) in [4.78, 5) is 23.9. The summed E-state index contributed by atoms with van der Waals surface area (Å²) in [6.45, 7) is 2.31. The smallest absolute Gasteiger partial charge is 0.173 e. The molecule has 0 spiro atoms. The van der Waals surface area contributed by atoms with Crippen molar-refractivity contribution in [1.29, 1.82) is 0 Å². The van der Waals surface area contributed by atoms with Gasteiger partial charge in [-0.25, -0.2) is 9.97 Å². The van der Waals surface area contributed by atoms with Crippen molar-refractivity contribution in [1.82, 2.24) is 9.97 Å². The zero-order valence-corrected chi connectivity index (χ0v) is 17.0. The second-order valence-corrected chi connectivity index (χ2v) is 9.39. The Morgan fingerprint density at radius 3 is 2.92 bits per heavy atom. The summed E-state index contributed by atoms with van der Waals surface area (Å²) in [5.41, 5.74) is 2.15. The number of rotatable bonds is 4. The Kier molecular flexibility index (Phi) is 4.93. The number of halogens is 1. The molecule has 0 N–H and O–H groups in total. The normalized spacial score (nSPS) is 16.8. The first-order valence-electron chi connectivity index (χ1n) is 8.28. The van der Waals surface area contributed by atoms with Crippen molar-refractivity contribution < 1.29 is 4.79 Å². The number of carbonyl (C=O) groups is 1. The van der Waals surface area contributed by atoms with Gasteiger partial charge in [0.1, 0.15) is 16.2 Å². The van der Waals surface area contributed by atoms with Gasteiger partial charge in [-0.1, -0.05) is 46.7 Å². The number of fused-ring (bicyclic) bond motifs is 3. The quantitative estimate of drug-likeness (QED) is 0.307. The number of benzene rings is 1. The van der Waals surface area contributed by atoms with Crippen LogP contribution in [0.2, 0.25) is 0 Å². The van der Waals surface area contributed by atoms with Crippen molar-refractivity contribution in [2.75, 3.05) is 5.75 Å². The first-order chi connectivity index (χ1) is 12.1. The Morgan fingerprint density at radius 2 is 2.12 bits per heavy atom. The van der Waals surface area contributed by atoms with Gasteiger partial charge in [0.15, 0.2) is 5.78 Å². The van der Waals surface area contributed by atoms with E-state index >= 15 is 0 Å². The molecule has 1 aliphatic carbocycles. The molecule has 1 aliphatic rings. The Bertz CT molecular complexity index is 936. The molecule has 4 rings (SSSR count). The van der Waals surface area contributed by atoms with Gasteiger partial charge in [0.05, 0.1) is 5.75 Å². The molecule has 3 aromatic rings. The standard InChI is InChI=1S/C19H17BrN2OS2/c1-11-2-7-14-16(8-11)25-19-17(14)18(21-10-22-19)24-9-15(23)12-3-5-13(20)6-4-12/h3-6,10-11H,2,7-9H2,1H3/t11-/m0/s1. The van der Waals surface area contributed by atoms with Crippen LogP contribution in [0.5, 0.6) is 0 Å².